The Balaban J connectivity index is 2.18. The molecular weight excluding hydrogens is 294 g/mol. The monoisotopic (exact) mass is 317 g/mol. The Bertz CT molecular complexity index is 626. The molecule has 2 aromatic rings. The maximum Gasteiger partial charge on any atom is 0.247 e. The molecule has 23 heavy (non-hydrogen) atoms. The average molecular weight is 317 g/mol. The van der Waals surface area contributed by atoms with Crippen molar-refractivity contribution in [3.63, 3.8) is 0 Å². The van der Waals surface area contributed by atoms with Gasteiger partial charge in [0, 0.05) is 18.2 Å². The first-order chi connectivity index (χ1) is 11.0. The summed E-state index contributed by atoms with van der Waals surface area (Å²) >= 11 is 0. The number of amides is 1. The number of nitrogens with one attached hydrogen (secondary N) is 1. The highest BCUT2D eigenvalue weighted by Gasteiger charge is 2.28. The summed E-state index contributed by atoms with van der Waals surface area (Å²) in [6.07, 6.45) is 0.511. The molecule has 124 valence electrons. The maximum atomic E-state index is 12.5. The molecule has 0 spiro atoms. The van der Waals surface area contributed by atoms with Gasteiger partial charge in [-0.15, -0.1) is 10.2 Å². The van der Waals surface area contributed by atoms with E-state index in [1.807, 2.05) is 51.1 Å². The van der Waals surface area contributed by atoms with Crippen LogP contribution in [0.15, 0.2) is 30.3 Å². The summed E-state index contributed by atoms with van der Waals surface area (Å²) in [6.45, 7) is 5.77. The Morgan fingerprint density at radius 3 is 2.57 bits per heavy atom. The first-order valence-corrected chi connectivity index (χ1v) is 7.79. The third-order valence-electron chi connectivity index (χ3n) is 3.56. The fraction of sp³-hybridized carbons (Fsp3) is 0.500. The second-order valence-electron chi connectivity index (χ2n) is 5.91. The molecule has 0 saturated carbocycles. The van der Waals surface area contributed by atoms with Crippen LogP contribution in [0.5, 0.6) is 0 Å². The van der Waals surface area contributed by atoms with Crippen LogP contribution in [0, 0.1) is 5.92 Å². The minimum Gasteiger partial charge on any atom is -0.396 e. The predicted octanol–water partition coefficient (Wildman–Crippen LogP) is 1.42. The van der Waals surface area contributed by atoms with Crippen LogP contribution in [0.4, 0.5) is 0 Å². The SMILES string of the molecule is CC(CCO)NC(=O)C(C(C)C)n1nnc(-c2ccccc2)n1. The third-order valence-corrected chi connectivity index (χ3v) is 3.56. The van der Waals surface area contributed by atoms with Crippen molar-refractivity contribution in [1.82, 2.24) is 25.5 Å². The highest BCUT2D eigenvalue weighted by atomic mass is 16.3. The lowest BCUT2D eigenvalue weighted by atomic mass is 10.0. The van der Waals surface area contributed by atoms with Crippen molar-refractivity contribution in [2.24, 2.45) is 5.92 Å². The van der Waals surface area contributed by atoms with Crippen LogP contribution in [-0.2, 0) is 4.79 Å². The molecule has 7 heteroatoms. The molecule has 0 aliphatic heterocycles. The quantitative estimate of drug-likeness (QED) is 0.805. The van der Waals surface area contributed by atoms with Crippen molar-refractivity contribution in [2.75, 3.05) is 6.61 Å². The van der Waals surface area contributed by atoms with Gasteiger partial charge in [-0.1, -0.05) is 44.2 Å². The van der Waals surface area contributed by atoms with E-state index in [-0.39, 0.29) is 24.5 Å². The largest absolute Gasteiger partial charge is 0.396 e. The van der Waals surface area contributed by atoms with E-state index in [9.17, 15) is 4.79 Å². The lowest BCUT2D eigenvalue weighted by molar-refractivity contribution is -0.127. The Morgan fingerprint density at radius 2 is 1.96 bits per heavy atom. The molecule has 0 fully saturated rings. The summed E-state index contributed by atoms with van der Waals surface area (Å²) in [5.74, 6) is 0.333. The van der Waals surface area contributed by atoms with Gasteiger partial charge < -0.3 is 10.4 Å². The van der Waals surface area contributed by atoms with Crippen LogP contribution in [-0.4, -0.2) is 43.9 Å². The Hall–Kier alpha value is -2.28. The van der Waals surface area contributed by atoms with E-state index in [4.69, 9.17) is 5.11 Å². The van der Waals surface area contributed by atoms with Crippen LogP contribution >= 0.6 is 0 Å². The standard InChI is InChI=1S/C16H23N5O2/c1-11(2)14(16(23)17-12(3)9-10-22)21-19-15(18-20-21)13-7-5-4-6-8-13/h4-8,11-12,14,22H,9-10H2,1-3H3,(H,17,23). The zero-order valence-corrected chi connectivity index (χ0v) is 13.7. The smallest absolute Gasteiger partial charge is 0.247 e. The number of tetrazole rings is 1. The summed E-state index contributed by atoms with van der Waals surface area (Å²) in [6, 6.07) is 8.87. The van der Waals surface area contributed by atoms with E-state index in [1.165, 1.54) is 4.80 Å². The van der Waals surface area contributed by atoms with Crippen molar-refractivity contribution in [1.29, 1.82) is 0 Å². The molecule has 2 unspecified atom stereocenters. The van der Waals surface area contributed by atoms with Gasteiger partial charge in [-0.3, -0.25) is 4.79 Å². The van der Waals surface area contributed by atoms with Crippen molar-refractivity contribution >= 4 is 5.91 Å². The fourth-order valence-corrected chi connectivity index (χ4v) is 2.31. The number of benzene rings is 1. The van der Waals surface area contributed by atoms with Gasteiger partial charge in [-0.05, 0) is 24.5 Å². The minimum atomic E-state index is -0.541. The number of nitrogens with zero attached hydrogens (tertiary/aromatic N) is 4. The lowest BCUT2D eigenvalue weighted by Crippen LogP contribution is -2.41. The first-order valence-electron chi connectivity index (χ1n) is 7.79. The second kappa shape index (κ2) is 7.82. The molecule has 1 heterocycles. The molecule has 0 bridgehead atoms. The lowest BCUT2D eigenvalue weighted by Gasteiger charge is -2.21. The summed E-state index contributed by atoms with van der Waals surface area (Å²) < 4.78 is 0. The molecule has 2 rings (SSSR count). The molecule has 0 aliphatic rings. The fourth-order valence-electron chi connectivity index (χ4n) is 2.31. The first kappa shape index (κ1) is 17.1. The van der Waals surface area contributed by atoms with E-state index in [0.29, 0.717) is 12.2 Å². The van der Waals surface area contributed by atoms with Gasteiger partial charge in [0.25, 0.3) is 0 Å². The Kier molecular flexibility index (Phi) is 5.81. The van der Waals surface area contributed by atoms with E-state index in [2.05, 4.69) is 20.7 Å². The van der Waals surface area contributed by atoms with Crippen molar-refractivity contribution in [3.8, 4) is 11.4 Å². The molecule has 1 amide bonds. The number of aromatic nitrogens is 4. The van der Waals surface area contributed by atoms with Crippen molar-refractivity contribution in [3.05, 3.63) is 30.3 Å². The third kappa shape index (κ3) is 4.35. The van der Waals surface area contributed by atoms with Gasteiger partial charge in [-0.2, -0.15) is 4.80 Å². The normalized spacial score (nSPS) is 13.8. The molecule has 0 aliphatic carbocycles. The summed E-state index contributed by atoms with van der Waals surface area (Å²) in [5, 5.41) is 24.3. The van der Waals surface area contributed by atoms with Gasteiger partial charge in [0.1, 0.15) is 0 Å². The van der Waals surface area contributed by atoms with Crippen LogP contribution in [0.25, 0.3) is 11.4 Å². The molecule has 1 aromatic carbocycles. The topological polar surface area (TPSA) is 92.9 Å². The van der Waals surface area contributed by atoms with Crippen LogP contribution in [0.3, 0.4) is 0 Å². The van der Waals surface area contributed by atoms with Crippen molar-refractivity contribution < 1.29 is 9.90 Å². The number of carbonyl (C=O) groups is 1. The maximum absolute atomic E-state index is 12.5. The Morgan fingerprint density at radius 1 is 1.26 bits per heavy atom. The Labute approximate surface area is 135 Å². The highest BCUT2D eigenvalue weighted by molar-refractivity contribution is 5.80. The van der Waals surface area contributed by atoms with Crippen LogP contribution in [0.2, 0.25) is 0 Å². The number of rotatable bonds is 7. The number of hydrogen-bond acceptors (Lipinski definition) is 5. The number of aliphatic hydroxyl groups excluding tert-OH is 1. The number of hydrogen-bond donors (Lipinski definition) is 2. The predicted molar refractivity (Wildman–Crippen MR) is 86.4 cm³/mol. The summed E-state index contributed by atoms with van der Waals surface area (Å²) in [5.41, 5.74) is 0.857. The van der Waals surface area contributed by atoms with E-state index >= 15 is 0 Å². The molecular formula is C16H23N5O2. The van der Waals surface area contributed by atoms with Gasteiger partial charge in [0.05, 0.1) is 0 Å². The van der Waals surface area contributed by atoms with Crippen LogP contribution in [0.1, 0.15) is 33.2 Å². The zero-order chi connectivity index (χ0) is 16.8. The van der Waals surface area contributed by atoms with Gasteiger partial charge in [-0.25, -0.2) is 0 Å². The average Bonchev–Trinajstić information content (AvgIpc) is 2.97. The molecule has 0 saturated heterocycles. The van der Waals surface area contributed by atoms with Crippen molar-refractivity contribution in [2.45, 2.75) is 39.3 Å². The molecule has 2 N–H and O–H groups in total. The van der Waals surface area contributed by atoms with Crippen LogP contribution < -0.4 is 5.32 Å². The highest BCUT2D eigenvalue weighted by Crippen LogP contribution is 2.19. The minimum absolute atomic E-state index is 0.00847. The van der Waals surface area contributed by atoms with E-state index < -0.39 is 6.04 Å². The summed E-state index contributed by atoms with van der Waals surface area (Å²) in [7, 11) is 0. The van der Waals surface area contributed by atoms with E-state index in [1.54, 1.807) is 0 Å². The second-order valence-corrected chi connectivity index (χ2v) is 5.91. The molecule has 7 nitrogen and oxygen atoms in total. The molecule has 0 radical (unpaired) electrons. The van der Waals surface area contributed by atoms with Gasteiger partial charge in [0.2, 0.25) is 11.7 Å². The van der Waals surface area contributed by atoms with Gasteiger partial charge in [0.15, 0.2) is 6.04 Å². The van der Waals surface area contributed by atoms with Gasteiger partial charge >= 0.3 is 0 Å². The molecule has 2 atom stereocenters. The van der Waals surface area contributed by atoms with E-state index in [0.717, 1.165) is 5.56 Å². The zero-order valence-electron chi connectivity index (χ0n) is 13.7. The number of aliphatic hydroxyl groups is 1. The molecule has 1 aromatic heterocycles. The number of carbonyl (C=O) groups excluding carboxylic acids is 1. The summed E-state index contributed by atoms with van der Waals surface area (Å²) in [4.78, 5) is 13.9.